The third kappa shape index (κ3) is 7.01. The van der Waals surface area contributed by atoms with Crippen LogP contribution >= 0.6 is 0 Å². The molecule has 1 aromatic heterocycles. The van der Waals surface area contributed by atoms with Crippen LogP contribution in [0, 0.1) is 11.8 Å². The largest absolute Gasteiger partial charge is 0.477 e. The van der Waals surface area contributed by atoms with Crippen molar-refractivity contribution >= 4 is 5.97 Å². The van der Waals surface area contributed by atoms with Gasteiger partial charge in [-0.1, -0.05) is 44.2 Å². The van der Waals surface area contributed by atoms with E-state index in [4.69, 9.17) is 9.84 Å². The van der Waals surface area contributed by atoms with Crippen molar-refractivity contribution in [1.29, 1.82) is 0 Å². The van der Waals surface area contributed by atoms with E-state index in [9.17, 15) is 4.79 Å². The number of benzene rings is 1. The minimum absolute atomic E-state index is 0.0470. The molecule has 2 aromatic rings. The number of hydrogen-bond donors (Lipinski definition) is 1. The number of nitrogens with zero attached hydrogens (tertiary/aromatic N) is 2. The summed E-state index contributed by atoms with van der Waals surface area (Å²) in [6.45, 7) is 5.73. The molecule has 1 heterocycles. The lowest BCUT2D eigenvalue weighted by Gasteiger charge is -2.19. The molecular weight excluding hydrogens is 316 g/mol. The molecule has 0 aliphatic heterocycles. The molecule has 0 amide bonds. The van der Waals surface area contributed by atoms with E-state index in [0.29, 0.717) is 25.0 Å². The molecule has 1 atom stereocenters. The molecular formula is C20H26N2O3. The van der Waals surface area contributed by atoms with Gasteiger partial charge >= 0.3 is 5.97 Å². The second-order valence-corrected chi connectivity index (χ2v) is 6.73. The molecule has 0 radical (unpaired) electrons. The topological polar surface area (TPSA) is 72.3 Å². The maximum atomic E-state index is 11.0. The number of rotatable bonds is 10. The molecule has 25 heavy (non-hydrogen) atoms. The molecule has 0 aliphatic rings. The number of ether oxygens (including phenoxy) is 1. The molecule has 0 saturated carbocycles. The van der Waals surface area contributed by atoms with Gasteiger partial charge in [0.25, 0.3) is 0 Å². The molecule has 0 fully saturated rings. The molecule has 2 rings (SSSR count). The third-order valence-corrected chi connectivity index (χ3v) is 4.02. The molecule has 0 saturated heterocycles. The fraction of sp³-hybridized carbons (Fsp3) is 0.450. The van der Waals surface area contributed by atoms with Crippen LogP contribution in [-0.4, -0.2) is 27.7 Å². The highest BCUT2D eigenvalue weighted by Gasteiger charge is 2.13. The van der Waals surface area contributed by atoms with Crippen LogP contribution in [0.1, 0.15) is 48.4 Å². The first kappa shape index (κ1) is 19.1. The first-order valence-corrected chi connectivity index (χ1v) is 8.70. The van der Waals surface area contributed by atoms with Gasteiger partial charge in [-0.3, -0.25) is 0 Å². The zero-order valence-corrected chi connectivity index (χ0v) is 14.9. The Bertz CT molecular complexity index is 659. The van der Waals surface area contributed by atoms with Gasteiger partial charge in [0.1, 0.15) is 6.33 Å². The highest BCUT2D eigenvalue weighted by molar-refractivity contribution is 5.85. The SMILES string of the molecule is CC(C)C[C@H](CCc1cc(C(=O)O)ncn1)COCc1ccccc1. The van der Waals surface area contributed by atoms with Crippen molar-refractivity contribution in [1.82, 2.24) is 9.97 Å². The number of carboxylic acid groups (broad SMARTS) is 1. The van der Waals surface area contributed by atoms with Crippen LogP contribution in [0.25, 0.3) is 0 Å². The van der Waals surface area contributed by atoms with Crippen molar-refractivity contribution in [2.24, 2.45) is 11.8 Å². The van der Waals surface area contributed by atoms with Gasteiger partial charge in [-0.2, -0.15) is 0 Å². The molecule has 5 heteroatoms. The van der Waals surface area contributed by atoms with E-state index in [0.717, 1.165) is 25.0 Å². The van der Waals surface area contributed by atoms with Crippen molar-refractivity contribution in [2.45, 2.75) is 39.7 Å². The van der Waals surface area contributed by atoms with Crippen molar-refractivity contribution < 1.29 is 14.6 Å². The predicted molar refractivity (Wildman–Crippen MR) is 96.4 cm³/mol. The van der Waals surface area contributed by atoms with Crippen LogP contribution in [0.15, 0.2) is 42.7 Å². The normalized spacial score (nSPS) is 12.3. The molecule has 1 N–H and O–H groups in total. The zero-order chi connectivity index (χ0) is 18.1. The quantitative estimate of drug-likeness (QED) is 0.707. The average Bonchev–Trinajstić information content (AvgIpc) is 2.60. The van der Waals surface area contributed by atoms with Gasteiger partial charge in [0, 0.05) is 12.3 Å². The van der Waals surface area contributed by atoms with Crippen LogP contribution < -0.4 is 0 Å². The summed E-state index contributed by atoms with van der Waals surface area (Å²) in [6.07, 6.45) is 4.05. The lowest BCUT2D eigenvalue weighted by Crippen LogP contribution is -2.14. The van der Waals surface area contributed by atoms with E-state index in [1.807, 2.05) is 18.2 Å². The van der Waals surface area contributed by atoms with Crippen molar-refractivity contribution in [3.63, 3.8) is 0 Å². The maximum Gasteiger partial charge on any atom is 0.354 e. The number of aromatic carboxylic acids is 1. The lowest BCUT2D eigenvalue weighted by molar-refractivity contribution is 0.0689. The van der Waals surface area contributed by atoms with Crippen molar-refractivity contribution in [2.75, 3.05) is 6.61 Å². The van der Waals surface area contributed by atoms with Crippen LogP contribution in [0.2, 0.25) is 0 Å². The maximum absolute atomic E-state index is 11.0. The number of carboxylic acids is 1. The first-order chi connectivity index (χ1) is 12.0. The van der Waals surface area contributed by atoms with Crippen LogP contribution in [0.3, 0.4) is 0 Å². The number of aromatic nitrogens is 2. The molecule has 0 unspecified atom stereocenters. The molecule has 0 spiro atoms. The lowest BCUT2D eigenvalue weighted by atomic mass is 9.93. The van der Waals surface area contributed by atoms with Crippen LogP contribution in [-0.2, 0) is 17.8 Å². The molecule has 0 aliphatic carbocycles. The Morgan fingerprint density at radius 2 is 1.96 bits per heavy atom. The summed E-state index contributed by atoms with van der Waals surface area (Å²) in [5.41, 5.74) is 1.99. The number of aryl methyl sites for hydroxylation is 1. The summed E-state index contributed by atoms with van der Waals surface area (Å²) in [7, 11) is 0. The molecule has 1 aromatic carbocycles. The Morgan fingerprint density at radius 1 is 1.20 bits per heavy atom. The second kappa shape index (κ2) is 9.89. The van der Waals surface area contributed by atoms with Crippen LogP contribution in [0.4, 0.5) is 0 Å². The minimum atomic E-state index is -1.02. The van der Waals surface area contributed by atoms with Gasteiger partial charge < -0.3 is 9.84 Å². The minimum Gasteiger partial charge on any atom is -0.477 e. The van der Waals surface area contributed by atoms with Gasteiger partial charge in [0.05, 0.1) is 6.61 Å². The van der Waals surface area contributed by atoms with Gasteiger partial charge in [-0.05, 0) is 42.7 Å². The van der Waals surface area contributed by atoms with E-state index >= 15 is 0 Å². The Kier molecular flexibility index (Phi) is 7.54. The third-order valence-electron chi connectivity index (χ3n) is 4.02. The molecule has 0 bridgehead atoms. The Balaban J connectivity index is 1.86. The summed E-state index contributed by atoms with van der Waals surface area (Å²) in [5.74, 6) is -0.00849. The van der Waals surface area contributed by atoms with E-state index in [1.165, 1.54) is 11.9 Å². The highest BCUT2D eigenvalue weighted by Crippen LogP contribution is 2.19. The Morgan fingerprint density at radius 3 is 2.64 bits per heavy atom. The number of hydrogen-bond acceptors (Lipinski definition) is 4. The monoisotopic (exact) mass is 342 g/mol. The van der Waals surface area contributed by atoms with Crippen molar-refractivity contribution in [3.05, 3.63) is 59.7 Å². The van der Waals surface area contributed by atoms with E-state index < -0.39 is 5.97 Å². The standard InChI is InChI=1S/C20H26N2O3/c1-15(2)10-17(13-25-12-16-6-4-3-5-7-16)8-9-18-11-19(20(23)24)22-14-21-18/h3-7,11,14-15,17H,8-10,12-13H2,1-2H3,(H,23,24)/t17-/m0/s1. The van der Waals surface area contributed by atoms with Gasteiger partial charge in [-0.15, -0.1) is 0 Å². The number of carbonyl (C=O) groups is 1. The van der Waals surface area contributed by atoms with Crippen molar-refractivity contribution in [3.8, 4) is 0 Å². The average molecular weight is 342 g/mol. The summed E-state index contributed by atoms with van der Waals surface area (Å²) in [5, 5.41) is 9.02. The smallest absolute Gasteiger partial charge is 0.354 e. The Hall–Kier alpha value is -2.27. The predicted octanol–water partition coefficient (Wildman–Crippen LogP) is 3.99. The van der Waals surface area contributed by atoms with Gasteiger partial charge in [0.15, 0.2) is 5.69 Å². The highest BCUT2D eigenvalue weighted by atomic mass is 16.5. The van der Waals surface area contributed by atoms with E-state index in [-0.39, 0.29) is 5.69 Å². The fourth-order valence-corrected chi connectivity index (χ4v) is 2.86. The summed E-state index contributed by atoms with van der Waals surface area (Å²) >= 11 is 0. The summed E-state index contributed by atoms with van der Waals surface area (Å²) in [6, 6.07) is 11.7. The van der Waals surface area contributed by atoms with Gasteiger partial charge in [-0.25, -0.2) is 14.8 Å². The van der Waals surface area contributed by atoms with E-state index in [2.05, 4.69) is 35.9 Å². The van der Waals surface area contributed by atoms with Crippen LogP contribution in [0.5, 0.6) is 0 Å². The Labute approximate surface area is 149 Å². The first-order valence-electron chi connectivity index (χ1n) is 8.70. The molecule has 134 valence electrons. The van der Waals surface area contributed by atoms with E-state index in [1.54, 1.807) is 6.07 Å². The summed E-state index contributed by atoms with van der Waals surface area (Å²) < 4.78 is 5.91. The second-order valence-electron chi connectivity index (χ2n) is 6.73. The summed E-state index contributed by atoms with van der Waals surface area (Å²) in [4.78, 5) is 19.0. The fourth-order valence-electron chi connectivity index (χ4n) is 2.86. The van der Waals surface area contributed by atoms with Gasteiger partial charge in [0.2, 0.25) is 0 Å². The zero-order valence-electron chi connectivity index (χ0n) is 14.9. The molecule has 5 nitrogen and oxygen atoms in total.